The lowest BCUT2D eigenvalue weighted by Gasteiger charge is -2.38. The monoisotopic (exact) mass is 308 g/mol. The van der Waals surface area contributed by atoms with Gasteiger partial charge in [-0.15, -0.1) is 0 Å². The van der Waals surface area contributed by atoms with Crippen LogP contribution in [-0.4, -0.2) is 41.5 Å². The third-order valence-corrected chi connectivity index (χ3v) is 3.65. The highest BCUT2D eigenvalue weighted by molar-refractivity contribution is 5.96. The molecule has 1 fully saturated rings. The van der Waals surface area contributed by atoms with Crippen LogP contribution in [0.5, 0.6) is 0 Å². The molecule has 2 amide bonds. The fourth-order valence-corrected chi connectivity index (χ4v) is 2.59. The Morgan fingerprint density at radius 3 is 2.38 bits per heavy atom. The zero-order valence-electron chi connectivity index (χ0n) is 12.5. The SMILES string of the molecule is CCCC1NC(=O)C(CC)N(CCCCC(F)(F)F)C1=O. The summed E-state index contributed by atoms with van der Waals surface area (Å²) in [5, 5.41) is 2.70. The number of nitrogens with zero attached hydrogens (tertiary/aromatic N) is 1. The van der Waals surface area contributed by atoms with Crippen molar-refractivity contribution in [3.63, 3.8) is 0 Å². The van der Waals surface area contributed by atoms with E-state index in [2.05, 4.69) is 5.32 Å². The summed E-state index contributed by atoms with van der Waals surface area (Å²) in [6, 6.07) is -1.09. The molecule has 7 heteroatoms. The average Bonchev–Trinajstić information content (AvgIpc) is 2.38. The van der Waals surface area contributed by atoms with Crippen LogP contribution in [0.4, 0.5) is 13.2 Å². The molecule has 0 aliphatic carbocycles. The quantitative estimate of drug-likeness (QED) is 0.735. The number of hydrogen-bond donors (Lipinski definition) is 1. The lowest BCUT2D eigenvalue weighted by Crippen LogP contribution is -2.63. The van der Waals surface area contributed by atoms with Gasteiger partial charge in [0.25, 0.3) is 0 Å². The fourth-order valence-electron chi connectivity index (χ4n) is 2.59. The van der Waals surface area contributed by atoms with E-state index in [4.69, 9.17) is 0 Å². The van der Waals surface area contributed by atoms with Gasteiger partial charge in [-0.1, -0.05) is 20.3 Å². The van der Waals surface area contributed by atoms with Crippen LogP contribution in [0.3, 0.4) is 0 Å². The molecule has 4 nitrogen and oxygen atoms in total. The van der Waals surface area contributed by atoms with Gasteiger partial charge < -0.3 is 10.2 Å². The van der Waals surface area contributed by atoms with Gasteiger partial charge in [-0.05, 0) is 25.7 Å². The number of carbonyl (C=O) groups is 2. The average molecular weight is 308 g/mol. The third kappa shape index (κ3) is 5.21. The summed E-state index contributed by atoms with van der Waals surface area (Å²) in [7, 11) is 0. The van der Waals surface area contributed by atoms with E-state index < -0.39 is 24.7 Å². The summed E-state index contributed by atoms with van der Waals surface area (Å²) in [4.78, 5) is 25.7. The first-order valence-electron chi connectivity index (χ1n) is 7.47. The first-order chi connectivity index (χ1) is 9.80. The van der Waals surface area contributed by atoms with Gasteiger partial charge in [0.1, 0.15) is 12.1 Å². The highest BCUT2D eigenvalue weighted by atomic mass is 19.4. The standard InChI is InChI=1S/C14H23F3N2O2/c1-3-7-10-13(21)19(11(4-2)12(20)18-10)9-6-5-8-14(15,16)17/h10-11H,3-9H2,1-2H3,(H,18,20). The van der Waals surface area contributed by atoms with E-state index in [9.17, 15) is 22.8 Å². The van der Waals surface area contributed by atoms with Crippen molar-refractivity contribution in [2.24, 2.45) is 0 Å². The third-order valence-electron chi connectivity index (χ3n) is 3.65. The molecule has 0 saturated carbocycles. The van der Waals surface area contributed by atoms with E-state index in [0.29, 0.717) is 12.8 Å². The Hall–Kier alpha value is -1.27. The molecule has 1 rings (SSSR count). The van der Waals surface area contributed by atoms with Crippen molar-refractivity contribution in [1.82, 2.24) is 10.2 Å². The molecule has 21 heavy (non-hydrogen) atoms. The molecule has 0 aromatic heterocycles. The Balaban J connectivity index is 2.61. The number of hydrogen-bond acceptors (Lipinski definition) is 2. The maximum Gasteiger partial charge on any atom is 0.389 e. The topological polar surface area (TPSA) is 49.4 Å². The van der Waals surface area contributed by atoms with Crippen LogP contribution in [0, 0.1) is 0 Å². The van der Waals surface area contributed by atoms with E-state index in [1.54, 1.807) is 6.92 Å². The number of unbranched alkanes of at least 4 members (excludes halogenated alkanes) is 1. The van der Waals surface area contributed by atoms with Crippen LogP contribution in [0.15, 0.2) is 0 Å². The fraction of sp³-hybridized carbons (Fsp3) is 0.857. The first kappa shape index (κ1) is 17.8. The molecule has 1 aliphatic heterocycles. The number of alkyl halides is 3. The second kappa shape index (κ2) is 7.66. The Kier molecular flexibility index (Phi) is 6.48. The highest BCUT2D eigenvalue weighted by Crippen LogP contribution is 2.23. The van der Waals surface area contributed by atoms with Gasteiger partial charge >= 0.3 is 6.18 Å². The first-order valence-corrected chi connectivity index (χ1v) is 7.47. The number of rotatable bonds is 7. The minimum absolute atomic E-state index is 0.0240. The molecule has 0 bridgehead atoms. The molecular formula is C14H23F3N2O2. The molecule has 1 N–H and O–H groups in total. The molecule has 2 atom stereocenters. The van der Waals surface area contributed by atoms with Gasteiger partial charge in [0.2, 0.25) is 11.8 Å². The number of amides is 2. The Morgan fingerprint density at radius 2 is 1.86 bits per heavy atom. The largest absolute Gasteiger partial charge is 0.389 e. The van der Waals surface area contributed by atoms with Crippen molar-refractivity contribution in [3.8, 4) is 0 Å². The van der Waals surface area contributed by atoms with Crippen molar-refractivity contribution in [2.75, 3.05) is 6.54 Å². The summed E-state index contributed by atoms with van der Waals surface area (Å²) in [5.41, 5.74) is 0. The maximum absolute atomic E-state index is 12.3. The molecule has 1 saturated heterocycles. The zero-order valence-corrected chi connectivity index (χ0v) is 12.5. The Labute approximate surface area is 123 Å². The molecule has 2 unspecified atom stereocenters. The molecule has 122 valence electrons. The number of halogens is 3. The van der Waals surface area contributed by atoms with Crippen molar-refractivity contribution in [3.05, 3.63) is 0 Å². The lowest BCUT2D eigenvalue weighted by atomic mass is 10.0. The van der Waals surface area contributed by atoms with Crippen molar-refractivity contribution in [2.45, 2.75) is 70.6 Å². The van der Waals surface area contributed by atoms with Crippen LogP contribution in [-0.2, 0) is 9.59 Å². The van der Waals surface area contributed by atoms with E-state index >= 15 is 0 Å². The molecule has 0 radical (unpaired) electrons. The normalized spacial score (nSPS) is 23.4. The summed E-state index contributed by atoms with van der Waals surface area (Å²) < 4.78 is 36.4. The van der Waals surface area contributed by atoms with E-state index in [1.165, 1.54) is 4.90 Å². The minimum Gasteiger partial charge on any atom is -0.343 e. The zero-order chi connectivity index (χ0) is 16.0. The van der Waals surface area contributed by atoms with Gasteiger partial charge in [-0.2, -0.15) is 13.2 Å². The molecule has 0 spiro atoms. The van der Waals surface area contributed by atoms with Crippen molar-refractivity contribution in [1.29, 1.82) is 0 Å². The maximum atomic E-state index is 12.3. The van der Waals surface area contributed by atoms with Gasteiger partial charge in [-0.25, -0.2) is 0 Å². The van der Waals surface area contributed by atoms with Gasteiger partial charge in [-0.3, -0.25) is 9.59 Å². The minimum atomic E-state index is -4.17. The van der Waals surface area contributed by atoms with Gasteiger partial charge in [0.05, 0.1) is 0 Å². The second-order valence-corrected chi connectivity index (χ2v) is 5.38. The van der Waals surface area contributed by atoms with Crippen molar-refractivity contribution >= 4 is 11.8 Å². The second-order valence-electron chi connectivity index (χ2n) is 5.38. The number of nitrogens with one attached hydrogen (secondary N) is 1. The van der Waals surface area contributed by atoms with Crippen LogP contribution in [0.1, 0.15) is 52.4 Å². The summed E-state index contributed by atoms with van der Waals surface area (Å²) in [6.07, 6.45) is -3.00. The number of carbonyl (C=O) groups excluding carboxylic acids is 2. The van der Waals surface area contributed by atoms with E-state index in [1.807, 2.05) is 6.92 Å². The summed E-state index contributed by atoms with van der Waals surface area (Å²) in [6.45, 7) is 3.92. The highest BCUT2D eigenvalue weighted by Gasteiger charge is 2.38. The van der Waals surface area contributed by atoms with Crippen LogP contribution in [0.25, 0.3) is 0 Å². The van der Waals surface area contributed by atoms with E-state index in [0.717, 1.165) is 6.42 Å². The van der Waals surface area contributed by atoms with Crippen LogP contribution >= 0.6 is 0 Å². The smallest absolute Gasteiger partial charge is 0.343 e. The molecule has 1 aliphatic rings. The van der Waals surface area contributed by atoms with Crippen molar-refractivity contribution < 1.29 is 22.8 Å². The molecular weight excluding hydrogens is 285 g/mol. The summed E-state index contributed by atoms with van der Waals surface area (Å²) in [5.74, 6) is -0.373. The van der Waals surface area contributed by atoms with Gasteiger partial charge in [0, 0.05) is 13.0 Å². The number of piperazine rings is 1. The van der Waals surface area contributed by atoms with Crippen LogP contribution in [0.2, 0.25) is 0 Å². The predicted octanol–water partition coefficient (Wildman–Crippen LogP) is 2.62. The Bertz CT molecular complexity index is 372. The lowest BCUT2D eigenvalue weighted by molar-refractivity contribution is -0.150. The molecule has 1 heterocycles. The summed E-state index contributed by atoms with van der Waals surface area (Å²) >= 11 is 0. The van der Waals surface area contributed by atoms with Crippen LogP contribution < -0.4 is 5.32 Å². The molecule has 0 aromatic carbocycles. The molecule has 0 aromatic rings. The van der Waals surface area contributed by atoms with Gasteiger partial charge in [0.15, 0.2) is 0 Å². The Morgan fingerprint density at radius 1 is 1.19 bits per heavy atom. The van der Waals surface area contributed by atoms with E-state index in [-0.39, 0.29) is 31.2 Å². The predicted molar refractivity (Wildman–Crippen MR) is 72.5 cm³/mol.